The number of nitrogens with two attached hydrogens (primary N) is 1. The van der Waals surface area contributed by atoms with E-state index in [1.165, 1.54) is 38.2 Å². The van der Waals surface area contributed by atoms with Crippen LogP contribution < -0.4 is 11.2 Å². The zero-order valence-electron chi connectivity index (χ0n) is 21.6. The number of nitrogens with one attached hydrogen (secondary N) is 1. The van der Waals surface area contributed by atoms with Gasteiger partial charge in [0, 0.05) is 25.6 Å². The molecule has 1 aromatic heterocycles. The molecular formula is C24H32F6N4O6. The third-order valence-electron chi connectivity index (χ3n) is 4.98. The van der Waals surface area contributed by atoms with Crippen molar-refractivity contribution in [2.24, 2.45) is 5.73 Å². The van der Waals surface area contributed by atoms with E-state index >= 15 is 0 Å². The average Bonchev–Trinajstić information content (AvgIpc) is 3.20. The largest absolute Gasteiger partial charge is 0.490 e. The first-order valence-corrected chi connectivity index (χ1v) is 12.0. The number of imidazole rings is 1. The van der Waals surface area contributed by atoms with Crippen LogP contribution in [0.3, 0.4) is 0 Å². The lowest BCUT2D eigenvalue weighted by molar-refractivity contribution is -0.193. The van der Waals surface area contributed by atoms with Gasteiger partial charge in [0.2, 0.25) is 0 Å². The van der Waals surface area contributed by atoms with Crippen molar-refractivity contribution >= 4 is 35.0 Å². The van der Waals surface area contributed by atoms with Crippen LogP contribution in [-0.2, 0) is 27.3 Å². The molecule has 0 saturated heterocycles. The van der Waals surface area contributed by atoms with E-state index in [0.717, 1.165) is 41.8 Å². The first kappa shape index (κ1) is 36.3. The van der Waals surface area contributed by atoms with Gasteiger partial charge in [-0.25, -0.2) is 20.1 Å². The van der Waals surface area contributed by atoms with Crippen LogP contribution in [-0.4, -0.2) is 61.7 Å². The van der Waals surface area contributed by atoms with E-state index in [0.29, 0.717) is 6.54 Å². The Morgan fingerprint density at radius 3 is 1.98 bits per heavy atom. The summed E-state index contributed by atoms with van der Waals surface area (Å²) in [5.41, 5.74) is 10.2. The monoisotopic (exact) mass is 586 g/mol. The van der Waals surface area contributed by atoms with Gasteiger partial charge < -0.3 is 20.5 Å². The van der Waals surface area contributed by atoms with Crippen molar-refractivity contribution in [1.29, 1.82) is 0 Å². The lowest BCUT2D eigenvalue weighted by Crippen LogP contribution is -2.21. The van der Waals surface area contributed by atoms with Crippen molar-refractivity contribution in [1.82, 2.24) is 15.0 Å². The Kier molecular flexibility index (Phi) is 16.2. The number of rotatable bonds is 11. The van der Waals surface area contributed by atoms with Crippen molar-refractivity contribution in [2.45, 2.75) is 70.8 Å². The van der Waals surface area contributed by atoms with Crippen molar-refractivity contribution < 1.29 is 56.1 Å². The van der Waals surface area contributed by atoms with E-state index in [2.05, 4.69) is 11.5 Å². The smallest absolute Gasteiger partial charge is 0.475 e. The fourth-order valence-electron chi connectivity index (χ4n) is 3.14. The zero-order valence-corrected chi connectivity index (χ0v) is 21.6. The van der Waals surface area contributed by atoms with Crippen LogP contribution in [0.2, 0.25) is 0 Å². The van der Waals surface area contributed by atoms with Gasteiger partial charge in [0.05, 0.1) is 11.0 Å². The van der Waals surface area contributed by atoms with E-state index in [4.69, 9.17) is 35.7 Å². The molecule has 0 spiro atoms. The first-order valence-electron chi connectivity index (χ1n) is 12.0. The van der Waals surface area contributed by atoms with Crippen LogP contribution >= 0.6 is 0 Å². The molecule has 16 heteroatoms. The number of carboxylic acid groups (broad SMARTS) is 2. The Hall–Kier alpha value is -3.66. The van der Waals surface area contributed by atoms with E-state index < -0.39 is 30.2 Å². The summed E-state index contributed by atoms with van der Waals surface area (Å²) < 4.78 is 65.7. The fraction of sp³-hybridized carbons (Fsp3) is 0.500. The molecule has 2 aromatic rings. The average molecular weight is 587 g/mol. The van der Waals surface area contributed by atoms with Crippen LogP contribution in [0.5, 0.6) is 0 Å². The van der Waals surface area contributed by atoms with Crippen LogP contribution in [0.25, 0.3) is 17.1 Å². The number of hydrogen-bond acceptors (Lipinski definition) is 6. The second kappa shape index (κ2) is 17.8. The molecule has 0 aliphatic rings. The number of benzene rings is 1. The number of unbranched alkanes of at least 4 members (excludes halogenated alkanes) is 5. The van der Waals surface area contributed by atoms with Crippen LogP contribution in [0.1, 0.15) is 56.8 Å². The molecule has 40 heavy (non-hydrogen) atoms. The number of aryl methyl sites for hydroxylation is 1. The van der Waals surface area contributed by atoms with Crippen LogP contribution in [0.4, 0.5) is 26.3 Å². The Bertz CT molecular complexity index is 1090. The molecule has 1 heterocycles. The van der Waals surface area contributed by atoms with Gasteiger partial charge in [0.1, 0.15) is 5.82 Å². The zero-order chi connectivity index (χ0) is 30.9. The molecule has 10 nitrogen and oxygen atoms in total. The molecule has 0 atom stereocenters. The molecular weight excluding hydrogens is 554 g/mol. The normalized spacial score (nSPS) is 11.4. The molecule has 0 radical (unpaired) electrons. The summed E-state index contributed by atoms with van der Waals surface area (Å²) in [5, 5.41) is 22.8. The molecule has 6 N–H and O–H groups in total. The maximum atomic E-state index is 11.1. The van der Waals surface area contributed by atoms with Crippen molar-refractivity contribution in [2.75, 3.05) is 6.54 Å². The number of aromatic nitrogens is 2. The number of hydroxylamine groups is 1. The third-order valence-corrected chi connectivity index (χ3v) is 4.98. The van der Waals surface area contributed by atoms with Crippen molar-refractivity contribution in [3.05, 3.63) is 35.7 Å². The molecule has 0 aliphatic heterocycles. The standard InChI is InChI=1S/C20H30N4O2.2C2HF3O2/c1-2-3-4-5-6-7-8-19-22-17-15-16(10-12-20(25)23-26)9-11-18(17)24(19)14-13-21;2*3-2(4,5)1(6)7/h9-12,15,26H,2-8,13-14,21H2,1H3,(H,23,25);2*(H,6,7)/b12-10+;;. The molecule has 2 rings (SSSR count). The molecule has 226 valence electrons. The van der Waals surface area contributed by atoms with Crippen molar-refractivity contribution in [3.8, 4) is 0 Å². The Morgan fingerprint density at radius 1 is 0.975 bits per heavy atom. The first-order chi connectivity index (χ1) is 18.6. The SMILES string of the molecule is CCCCCCCCc1nc2cc(/C=C/C(=O)NO)ccc2n1CCN.O=C(O)C(F)(F)F.O=C(O)C(F)(F)F. The molecule has 0 saturated carbocycles. The molecule has 0 aliphatic carbocycles. The number of carbonyl (C=O) groups is 3. The van der Waals surface area contributed by atoms with Gasteiger partial charge in [-0.1, -0.05) is 45.1 Å². The van der Waals surface area contributed by atoms with Crippen LogP contribution in [0.15, 0.2) is 24.3 Å². The Balaban J connectivity index is 0.000000894. The van der Waals surface area contributed by atoms with E-state index in [1.54, 1.807) is 11.6 Å². The van der Waals surface area contributed by atoms with Gasteiger partial charge in [-0.2, -0.15) is 26.3 Å². The number of carbonyl (C=O) groups excluding carboxylic acids is 1. The highest BCUT2D eigenvalue weighted by molar-refractivity contribution is 5.91. The summed E-state index contributed by atoms with van der Waals surface area (Å²) >= 11 is 0. The minimum absolute atomic E-state index is 0.553. The summed E-state index contributed by atoms with van der Waals surface area (Å²) in [6.07, 6.45) is 1.28. The summed E-state index contributed by atoms with van der Waals surface area (Å²) in [7, 11) is 0. The highest BCUT2D eigenvalue weighted by Gasteiger charge is 2.38. The van der Waals surface area contributed by atoms with Gasteiger partial charge in [-0.3, -0.25) is 10.0 Å². The number of aliphatic carboxylic acids is 2. The number of fused-ring (bicyclic) bond motifs is 1. The van der Waals surface area contributed by atoms with E-state index in [9.17, 15) is 31.1 Å². The fourth-order valence-corrected chi connectivity index (χ4v) is 3.14. The lowest BCUT2D eigenvalue weighted by atomic mass is 10.1. The number of hydrogen-bond donors (Lipinski definition) is 5. The number of nitrogens with zero attached hydrogens (tertiary/aromatic N) is 2. The minimum Gasteiger partial charge on any atom is -0.475 e. The van der Waals surface area contributed by atoms with Gasteiger partial charge in [0.15, 0.2) is 0 Å². The number of halogens is 6. The van der Waals surface area contributed by atoms with Crippen molar-refractivity contribution in [3.63, 3.8) is 0 Å². The summed E-state index contributed by atoms with van der Waals surface area (Å²) in [6.45, 7) is 3.56. The summed E-state index contributed by atoms with van der Waals surface area (Å²) in [6, 6.07) is 5.90. The van der Waals surface area contributed by atoms with Gasteiger partial charge >= 0.3 is 24.3 Å². The highest BCUT2D eigenvalue weighted by Crippen LogP contribution is 2.21. The summed E-state index contributed by atoms with van der Waals surface area (Å²) in [5.74, 6) is -4.99. The maximum absolute atomic E-state index is 11.1. The summed E-state index contributed by atoms with van der Waals surface area (Å²) in [4.78, 5) is 33.7. The predicted molar refractivity (Wildman–Crippen MR) is 132 cm³/mol. The number of carboxylic acids is 2. The van der Waals surface area contributed by atoms with Gasteiger partial charge in [0.25, 0.3) is 5.91 Å². The Morgan fingerprint density at radius 2 is 1.50 bits per heavy atom. The Labute approximate surface area is 225 Å². The molecule has 0 bridgehead atoms. The van der Waals surface area contributed by atoms with E-state index in [-0.39, 0.29) is 0 Å². The third kappa shape index (κ3) is 14.5. The predicted octanol–water partition coefficient (Wildman–Crippen LogP) is 4.68. The molecule has 0 fully saturated rings. The second-order valence-electron chi connectivity index (χ2n) is 8.15. The number of amides is 1. The molecule has 0 unspecified atom stereocenters. The maximum Gasteiger partial charge on any atom is 0.490 e. The quantitative estimate of drug-likeness (QED) is 0.0831. The van der Waals surface area contributed by atoms with E-state index in [1.807, 2.05) is 18.2 Å². The van der Waals surface area contributed by atoms with Gasteiger partial charge in [-0.05, 0) is 30.2 Å². The topological polar surface area (TPSA) is 168 Å². The highest BCUT2D eigenvalue weighted by atomic mass is 19.4. The molecule has 1 aromatic carbocycles. The van der Waals surface area contributed by atoms with Crippen LogP contribution in [0, 0.1) is 0 Å². The molecule has 1 amide bonds. The number of alkyl halides is 6. The minimum atomic E-state index is -5.08. The lowest BCUT2D eigenvalue weighted by Gasteiger charge is -2.07. The van der Waals surface area contributed by atoms with Gasteiger partial charge in [-0.15, -0.1) is 0 Å². The second-order valence-corrected chi connectivity index (χ2v) is 8.15.